The summed E-state index contributed by atoms with van der Waals surface area (Å²) in [6.07, 6.45) is 1.55. The number of hydrogen-bond donors (Lipinski definition) is 7. The number of aliphatic carboxylic acids is 2. The van der Waals surface area contributed by atoms with Crippen molar-refractivity contribution in [3.05, 3.63) is 83.7 Å². The number of aliphatic hydroxyl groups excluding tert-OH is 1. The van der Waals surface area contributed by atoms with Gasteiger partial charge in [-0.05, 0) is 60.9 Å². The van der Waals surface area contributed by atoms with Crippen LogP contribution in [0.1, 0.15) is 76.6 Å². The number of benzene rings is 2. The van der Waals surface area contributed by atoms with Crippen LogP contribution < -0.4 is 21.7 Å². The second-order valence-corrected chi connectivity index (χ2v) is 14.7. The first kappa shape index (κ1) is 45.7. The van der Waals surface area contributed by atoms with Crippen LogP contribution in [-0.2, 0) is 35.3 Å². The highest BCUT2D eigenvalue weighted by atomic mass is 19.1. The smallest absolute Gasteiger partial charge is 0.326 e. The molecule has 4 amide bonds. The Labute approximate surface area is 329 Å². The van der Waals surface area contributed by atoms with Crippen molar-refractivity contribution >= 4 is 35.6 Å². The number of nitrogens with zero attached hydrogens (tertiary/aromatic N) is 2. The molecule has 0 aliphatic rings. The molecule has 0 spiro atoms. The molecule has 0 bridgehead atoms. The summed E-state index contributed by atoms with van der Waals surface area (Å²) in [6, 6.07) is 10.8. The first-order valence-corrected chi connectivity index (χ1v) is 18.5. The number of carbonyl (C=O) groups is 6. The Balaban J connectivity index is 1.72. The summed E-state index contributed by atoms with van der Waals surface area (Å²) in [6.45, 7) is 4.72. The van der Waals surface area contributed by atoms with E-state index in [0.717, 1.165) is 23.8 Å². The van der Waals surface area contributed by atoms with E-state index < -0.39 is 77.3 Å². The molecule has 3 aromatic rings. The minimum absolute atomic E-state index is 0.00343. The van der Waals surface area contributed by atoms with Gasteiger partial charge in [0.1, 0.15) is 24.3 Å². The summed E-state index contributed by atoms with van der Waals surface area (Å²) in [5.74, 6) is -6.28. The molecule has 0 saturated heterocycles. The summed E-state index contributed by atoms with van der Waals surface area (Å²) in [7, 11) is 0. The minimum atomic E-state index is -1.31. The van der Waals surface area contributed by atoms with Crippen LogP contribution in [-0.4, -0.2) is 98.7 Å². The van der Waals surface area contributed by atoms with Crippen LogP contribution >= 0.6 is 0 Å². The van der Waals surface area contributed by atoms with E-state index in [1.54, 1.807) is 12.3 Å². The molecule has 310 valence electrons. The maximum atomic E-state index is 15.0. The SMILES string of the molecule is CC(C)(C)[C@H](c1cc(-c2cc(F)ccc2F)cn1Cc1ccccc1)N(CC[C@H](N)C(=O)N[C@H](CCCCNC(=O)CNC(=O)CCC(=O)O)C(=O)O)C(=O)CO. The number of nitrogens with one attached hydrogen (secondary N) is 3. The number of unbranched alkanes of at least 4 members (excludes halogenated alkanes) is 1. The Kier molecular flexibility index (Phi) is 17.3. The van der Waals surface area contributed by atoms with Crippen molar-refractivity contribution in [2.24, 2.45) is 11.1 Å². The van der Waals surface area contributed by atoms with Gasteiger partial charge in [-0.1, -0.05) is 51.1 Å². The van der Waals surface area contributed by atoms with Crippen LogP contribution in [0.15, 0.2) is 60.8 Å². The van der Waals surface area contributed by atoms with Crippen molar-refractivity contribution in [3.8, 4) is 11.1 Å². The van der Waals surface area contributed by atoms with E-state index in [0.29, 0.717) is 24.2 Å². The second-order valence-electron chi connectivity index (χ2n) is 14.7. The number of rotatable bonds is 22. The number of halogens is 2. The van der Waals surface area contributed by atoms with Crippen LogP contribution in [0, 0.1) is 17.0 Å². The number of carboxylic acid groups (broad SMARTS) is 2. The number of aliphatic hydroxyl groups is 1. The van der Waals surface area contributed by atoms with Gasteiger partial charge < -0.3 is 46.5 Å². The third-order valence-electron chi connectivity index (χ3n) is 9.12. The topological polar surface area (TPSA) is 233 Å². The quantitative estimate of drug-likeness (QED) is 0.0735. The molecule has 3 rings (SSSR count). The molecule has 3 atom stereocenters. The van der Waals surface area contributed by atoms with Crippen molar-refractivity contribution in [1.29, 1.82) is 0 Å². The maximum Gasteiger partial charge on any atom is 0.326 e. The van der Waals surface area contributed by atoms with Gasteiger partial charge in [0.05, 0.1) is 25.0 Å². The number of amides is 4. The van der Waals surface area contributed by atoms with Crippen LogP contribution in [0.4, 0.5) is 8.78 Å². The molecule has 15 nitrogen and oxygen atoms in total. The van der Waals surface area contributed by atoms with E-state index in [1.165, 1.54) is 4.90 Å². The van der Waals surface area contributed by atoms with E-state index in [1.807, 2.05) is 55.7 Å². The lowest BCUT2D eigenvalue weighted by Crippen LogP contribution is -2.50. The van der Waals surface area contributed by atoms with Crippen molar-refractivity contribution in [3.63, 3.8) is 0 Å². The molecule has 0 aliphatic carbocycles. The standard InChI is InChI=1S/C40H52F2N6O9/c1-40(2,3)37(32-19-26(28-20-27(41)12-13-29(28)42)23-47(32)22-25-9-5-4-6-10-25)48(35(52)24-49)18-16-30(43)38(55)46-31(39(56)57)11-7-8-17-44-34(51)21-45-33(50)14-15-36(53)54/h4-6,9-10,12-13,19-20,23,30-31,37,49H,7-8,11,14-18,21-22,24,43H2,1-3H3,(H,44,51)(H,45,50)(H,46,55)(H,53,54)(H,56,57)/t30-,31+,37-/m0/s1. The Morgan fingerprint density at radius 3 is 2.23 bits per heavy atom. The van der Waals surface area contributed by atoms with E-state index in [9.17, 15) is 43.4 Å². The molecule has 0 unspecified atom stereocenters. The number of aromatic nitrogens is 1. The molecule has 0 radical (unpaired) electrons. The van der Waals surface area contributed by atoms with E-state index in [-0.39, 0.29) is 57.3 Å². The summed E-state index contributed by atoms with van der Waals surface area (Å²) in [5, 5.41) is 35.8. The molecule has 1 aromatic heterocycles. The summed E-state index contributed by atoms with van der Waals surface area (Å²) < 4.78 is 31.2. The van der Waals surface area contributed by atoms with Gasteiger partial charge in [-0.15, -0.1) is 0 Å². The van der Waals surface area contributed by atoms with Gasteiger partial charge in [0.25, 0.3) is 0 Å². The Morgan fingerprint density at radius 2 is 1.60 bits per heavy atom. The molecular formula is C40H52F2N6O9. The highest BCUT2D eigenvalue weighted by molar-refractivity contribution is 5.87. The lowest BCUT2D eigenvalue weighted by Gasteiger charge is -2.41. The fourth-order valence-electron chi connectivity index (χ4n) is 6.30. The van der Waals surface area contributed by atoms with Crippen molar-refractivity contribution < 1.29 is 52.9 Å². The number of hydrogen-bond acceptors (Lipinski definition) is 8. The third-order valence-corrected chi connectivity index (χ3v) is 9.12. The average Bonchev–Trinajstić information content (AvgIpc) is 3.56. The molecule has 57 heavy (non-hydrogen) atoms. The van der Waals surface area contributed by atoms with Gasteiger partial charge in [0.2, 0.25) is 23.6 Å². The fourth-order valence-corrected chi connectivity index (χ4v) is 6.30. The zero-order chi connectivity index (χ0) is 42.3. The highest BCUT2D eigenvalue weighted by Crippen LogP contribution is 2.41. The number of nitrogens with two attached hydrogens (primary N) is 1. The molecule has 0 aliphatic heterocycles. The van der Waals surface area contributed by atoms with Crippen LogP contribution in [0.5, 0.6) is 0 Å². The summed E-state index contributed by atoms with van der Waals surface area (Å²) in [5.41, 5.74) is 7.35. The van der Waals surface area contributed by atoms with Gasteiger partial charge >= 0.3 is 11.9 Å². The molecular weight excluding hydrogens is 746 g/mol. The van der Waals surface area contributed by atoms with Gasteiger partial charge in [-0.2, -0.15) is 0 Å². The van der Waals surface area contributed by atoms with Gasteiger partial charge in [0, 0.05) is 49.1 Å². The van der Waals surface area contributed by atoms with Gasteiger partial charge in [0.15, 0.2) is 0 Å². The summed E-state index contributed by atoms with van der Waals surface area (Å²) >= 11 is 0. The maximum absolute atomic E-state index is 15.0. The fraction of sp³-hybridized carbons (Fsp3) is 0.450. The molecule has 8 N–H and O–H groups in total. The predicted octanol–water partition coefficient (Wildman–Crippen LogP) is 2.94. The average molecular weight is 799 g/mol. The summed E-state index contributed by atoms with van der Waals surface area (Å²) in [4.78, 5) is 74.1. The van der Waals surface area contributed by atoms with Gasteiger partial charge in [-0.25, -0.2) is 13.6 Å². The zero-order valence-electron chi connectivity index (χ0n) is 32.3. The zero-order valence-corrected chi connectivity index (χ0v) is 32.3. The lowest BCUT2D eigenvalue weighted by molar-refractivity contribution is -0.142. The minimum Gasteiger partial charge on any atom is -0.481 e. The van der Waals surface area contributed by atoms with Crippen molar-refractivity contribution in [2.45, 2.75) is 84.0 Å². The van der Waals surface area contributed by atoms with Crippen LogP contribution in [0.25, 0.3) is 11.1 Å². The lowest BCUT2D eigenvalue weighted by atomic mass is 9.82. The van der Waals surface area contributed by atoms with E-state index in [4.69, 9.17) is 10.8 Å². The number of carbonyl (C=O) groups excluding carboxylic acids is 4. The van der Waals surface area contributed by atoms with Crippen LogP contribution in [0.3, 0.4) is 0 Å². The molecule has 0 saturated carbocycles. The van der Waals surface area contributed by atoms with E-state index >= 15 is 4.39 Å². The normalized spacial score (nSPS) is 12.9. The molecule has 1 heterocycles. The Morgan fingerprint density at radius 1 is 0.895 bits per heavy atom. The number of carboxylic acids is 2. The largest absolute Gasteiger partial charge is 0.481 e. The van der Waals surface area contributed by atoms with Gasteiger partial charge in [-0.3, -0.25) is 24.0 Å². The van der Waals surface area contributed by atoms with Crippen molar-refractivity contribution in [1.82, 2.24) is 25.4 Å². The van der Waals surface area contributed by atoms with Crippen molar-refractivity contribution in [2.75, 3.05) is 26.2 Å². The molecule has 2 aromatic carbocycles. The monoisotopic (exact) mass is 798 g/mol. The first-order valence-electron chi connectivity index (χ1n) is 18.5. The van der Waals surface area contributed by atoms with Crippen LogP contribution in [0.2, 0.25) is 0 Å². The third kappa shape index (κ3) is 14.4. The predicted molar refractivity (Wildman–Crippen MR) is 205 cm³/mol. The second kappa shape index (κ2) is 21.6. The highest BCUT2D eigenvalue weighted by Gasteiger charge is 2.37. The van der Waals surface area contributed by atoms with E-state index in [2.05, 4.69) is 16.0 Å². The Hall–Kier alpha value is -5.68. The first-order chi connectivity index (χ1) is 26.9. The Bertz CT molecular complexity index is 1870. The molecule has 0 fully saturated rings. The molecule has 17 heteroatoms.